The van der Waals surface area contributed by atoms with Crippen LogP contribution in [-0.4, -0.2) is 9.97 Å². The molecule has 0 aliphatic carbocycles. The van der Waals surface area contributed by atoms with E-state index in [1.54, 1.807) is 12.1 Å². The van der Waals surface area contributed by atoms with Gasteiger partial charge in [-0.2, -0.15) is 0 Å². The Morgan fingerprint density at radius 3 is 2.43 bits per heavy atom. The molecule has 0 saturated carbocycles. The van der Waals surface area contributed by atoms with Crippen molar-refractivity contribution in [2.24, 2.45) is 0 Å². The lowest BCUT2D eigenvalue weighted by molar-refractivity contribution is 0.410. The molecule has 1 heterocycles. The van der Waals surface area contributed by atoms with Crippen LogP contribution in [0.1, 0.15) is 0 Å². The van der Waals surface area contributed by atoms with Crippen LogP contribution in [0.25, 0.3) is 22.3 Å². The number of aromatic amines is 1. The van der Waals surface area contributed by atoms with Gasteiger partial charge in [0, 0.05) is 0 Å². The molecule has 3 aromatic rings. The number of benzene rings is 2. The fraction of sp³-hybridized carbons (Fsp3) is 0. The number of rotatable bonds is 1. The summed E-state index contributed by atoms with van der Waals surface area (Å²) in [5, 5.41) is 0.240. The van der Waals surface area contributed by atoms with Crippen LogP contribution >= 0.6 is 0 Å². The monoisotopic (exact) mass is 294 g/mol. The minimum Gasteiger partial charge on any atom is -0.306 e. The zero-order valence-electron chi connectivity index (χ0n) is 10.3. The molecule has 0 aliphatic rings. The van der Waals surface area contributed by atoms with Crippen LogP contribution in [0.4, 0.5) is 17.6 Å². The second-order valence-electron chi connectivity index (χ2n) is 4.28. The largest absolute Gasteiger partial charge is 0.306 e. The van der Waals surface area contributed by atoms with E-state index >= 15 is 0 Å². The summed E-state index contributed by atoms with van der Waals surface area (Å²) in [6.45, 7) is 0. The summed E-state index contributed by atoms with van der Waals surface area (Å²) in [6.07, 6.45) is 0. The standard InChI is InChI=1S/C14H6F4N2O/c15-8-5-7(10(16)12(18)11(8)17)13-19-9-4-2-1-3-6(9)14(21)20-13/h1-5H,(H,19,20,21). The van der Waals surface area contributed by atoms with Crippen molar-refractivity contribution in [2.75, 3.05) is 0 Å². The van der Waals surface area contributed by atoms with Crippen LogP contribution in [0.2, 0.25) is 0 Å². The highest BCUT2D eigenvalue weighted by atomic mass is 19.2. The molecule has 0 aliphatic heterocycles. The van der Waals surface area contributed by atoms with Gasteiger partial charge in [0.15, 0.2) is 23.3 Å². The predicted molar refractivity (Wildman–Crippen MR) is 67.6 cm³/mol. The average Bonchev–Trinajstić information content (AvgIpc) is 2.49. The number of aromatic nitrogens is 2. The van der Waals surface area contributed by atoms with Crippen molar-refractivity contribution in [2.45, 2.75) is 0 Å². The maximum atomic E-state index is 13.7. The Hall–Kier alpha value is -2.70. The highest BCUT2D eigenvalue weighted by molar-refractivity contribution is 5.79. The lowest BCUT2D eigenvalue weighted by atomic mass is 10.1. The van der Waals surface area contributed by atoms with Gasteiger partial charge in [-0.25, -0.2) is 22.5 Å². The van der Waals surface area contributed by atoms with Crippen LogP contribution in [0.3, 0.4) is 0 Å². The quantitative estimate of drug-likeness (QED) is 0.426. The van der Waals surface area contributed by atoms with Crippen molar-refractivity contribution >= 4 is 10.9 Å². The van der Waals surface area contributed by atoms with Crippen LogP contribution in [0.15, 0.2) is 35.1 Å². The summed E-state index contributed by atoms with van der Waals surface area (Å²) < 4.78 is 53.1. The summed E-state index contributed by atoms with van der Waals surface area (Å²) >= 11 is 0. The maximum absolute atomic E-state index is 13.7. The molecule has 3 rings (SSSR count). The minimum atomic E-state index is -1.96. The molecule has 1 aromatic heterocycles. The second kappa shape index (κ2) is 4.69. The number of halogens is 4. The molecular formula is C14H6F4N2O. The Labute approximate surface area is 114 Å². The van der Waals surface area contributed by atoms with E-state index in [1.807, 2.05) is 0 Å². The first-order valence-electron chi connectivity index (χ1n) is 5.81. The summed E-state index contributed by atoms with van der Waals surface area (Å²) in [4.78, 5) is 18.0. The molecule has 106 valence electrons. The molecular weight excluding hydrogens is 288 g/mol. The third-order valence-electron chi connectivity index (χ3n) is 2.97. The molecule has 1 N–H and O–H groups in total. The first-order chi connectivity index (χ1) is 9.99. The number of hydrogen-bond donors (Lipinski definition) is 1. The third-order valence-corrected chi connectivity index (χ3v) is 2.97. The summed E-state index contributed by atoms with van der Waals surface area (Å²) in [7, 11) is 0. The van der Waals surface area contributed by atoms with Crippen LogP contribution in [0.5, 0.6) is 0 Å². The van der Waals surface area contributed by atoms with E-state index in [-0.39, 0.29) is 16.7 Å². The van der Waals surface area contributed by atoms with Gasteiger partial charge in [0.05, 0.1) is 16.5 Å². The number of H-pyrrole nitrogens is 1. The zero-order chi connectivity index (χ0) is 15.1. The van der Waals surface area contributed by atoms with Gasteiger partial charge in [-0.1, -0.05) is 12.1 Å². The minimum absolute atomic E-state index is 0.223. The van der Waals surface area contributed by atoms with Gasteiger partial charge in [-0.3, -0.25) is 4.79 Å². The van der Waals surface area contributed by atoms with Crippen LogP contribution in [0, 0.1) is 23.3 Å². The van der Waals surface area contributed by atoms with Crippen molar-refractivity contribution in [1.82, 2.24) is 9.97 Å². The Morgan fingerprint density at radius 2 is 1.67 bits per heavy atom. The fourth-order valence-corrected chi connectivity index (χ4v) is 1.96. The lowest BCUT2D eigenvalue weighted by Gasteiger charge is -2.06. The molecule has 0 bridgehead atoms. The summed E-state index contributed by atoms with van der Waals surface area (Å²) in [6, 6.07) is 6.63. The van der Waals surface area contributed by atoms with Gasteiger partial charge in [0.2, 0.25) is 0 Å². The van der Waals surface area contributed by atoms with Crippen LogP contribution < -0.4 is 5.56 Å². The Morgan fingerprint density at radius 1 is 0.952 bits per heavy atom. The number of hydrogen-bond acceptors (Lipinski definition) is 2. The smallest absolute Gasteiger partial charge is 0.259 e. The molecule has 0 amide bonds. The van der Waals surface area contributed by atoms with E-state index in [4.69, 9.17) is 0 Å². The highest BCUT2D eigenvalue weighted by Crippen LogP contribution is 2.25. The van der Waals surface area contributed by atoms with Gasteiger partial charge in [0.1, 0.15) is 5.82 Å². The van der Waals surface area contributed by atoms with E-state index in [0.717, 1.165) is 0 Å². The fourth-order valence-electron chi connectivity index (χ4n) is 1.96. The molecule has 21 heavy (non-hydrogen) atoms. The van der Waals surface area contributed by atoms with Gasteiger partial charge in [-0.05, 0) is 18.2 Å². The Kier molecular flexibility index (Phi) is 2.97. The lowest BCUT2D eigenvalue weighted by Crippen LogP contribution is -2.11. The van der Waals surface area contributed by atoms with Crippen molar-refractivity contribution in [1.29, 1.82) is 0 Å². The number of fused-ring (bicyclic) bond motifs is 1. The second-order valence-corrected chi connectivity index (χ2v) is 4.28. The number of para-hydroxylation sites is 1. The molecule has 3 nitrogen and oxygen atoms in total. The zero-order valence-corrected chi connectivity index (χ0v) is 10.3. The van der Waals surface area contributed by atoms with Crippen molar-refractivity contribution in [3.63, 3.8) is 0 Å². The summed E-state index contributed by atoms with van der Waals surface area (Å²) in [5.74, 6) is -7.44. The molecule has 2 aromatic carbocycles. The van der Waals surface area contributed by atoms with Crippen LogP contribution in [-0.2, 0) is 0 Å². The number of nitrogens with zero attached hydrogens (tertiary/aromatic N) is 1. The third kappa shape index (κ3) is 2.06. The van der Waals surface area contributed by atoms with Gasteiger partial charge >= 0.3 is 0 Å². The Balaban J connectivity index is 2.34. The van der Waals surface area contributed by atoms with E-state index in [0.29, 0.717) is 6.07 Å². The molecule has 0 fully saturated rings. The van der Waals surface area contributed by atoms with Crippen molar-refractivity contribution < 1.29 is 17.6 Å². The molecule has 0 spiro atoms. The Bertz CT molecular complexity index is 921. The van der Waals surface area contributed by atoms with E-state index in [2.05, 4.69) is 9.97 Å². The number of nitrogens with one attached hydrogen (secondary N) is 1. The molecule has 0 atom stereocenters. The predicted octanol–water partition coefficient (Wildman–Crippen LogP) is 3.15. The first kappa shape index (κ1) is 13.3. The molecule has 0 saturated heterocycles. The highest BCUT2D eigenvalue weighted by Gasteiger charge is 2.21. The summed E-state index contributed by atoms with van der Waals surface area (Å²) in [5.41, 5.74) is -1.03. The average molecular weight is 294 g/mol. The van der Waals surface area contributed by atoms with Gasteiger partial charge in [0.25, 0.3) is 5.56 Å². The van der Waals surface area contributed by atoms with E-state index < -0.39 is 34.4 Å². The van der Waals surface area contributed by atoms with E-state index in [1.165, 1.54) is 12.1 Å². The van der Waals surface area contributed by atoms with Crippen molar-refractivity contribution in [3.8, 4) is 11.4 Å². The van der Waals surface area contributed by atoms with Crippen molar-refractivity contribution in [3.05, 3.63) is 64.0 Å². The topological polar surface area (TPSA) is 45.8 Å². The van der Waals surface area contributed by atoms with Gasteiger partial charge in [-0.15, -0.1) is 0 Å². The maximum Gasteiger partial charge on any atom is 0.259 e. The normalized spacial score (nSPS) is 11.0. The first-order valence-corrected chi connectivity index (χ1v) is 5.81. The molecule has 7 heteroatoms. The SMILES string of the molecule is O=c1[nH]c(-c2cc(F)c(F)c(F)c2F)nc2ccccc12. The molecule has 0 unspecified atom stereocenters. The molecule has 0 radical (unpaired) electrons. The van der Waals surface area contributed by atoms with E-state index in [9.17, 15) is 22.4 Å². The van der Waals surface area contributed by atoms with Gasteiger partial charge < -0.3 is 4.98 Å².